The van der Waals surface area contributed by atoms with Gasteiger partial charge in [-0.05, 0) is 45.6 Å². The van der Waals surface area contributed by atoms with E-state index in [4.69, 9.17) is 4.74 Å². The largest absolute Gasteiger partial charge is 0.455 e. The van der Waals surface area contributed by atoms with Crippen LogP contribution in [0.4, 0.5) is 4.39 Å². The van der Waals surface area contributed by atoms with E-state index in [1.54, 1.807) is 20.8 Å². The van der Waals surface area contributed by atoms with Crippen molar-refractivity contribution in [2.45, 2.75) is 39.2 Å². The van der Waals surface area contributed by atoms with Gasteiger partial charge in [0.2, 0.25) is 5.83 Å². The number of carbonyl (C=O) groups excluding carboxylic acids is 1. The van der Waals surface area contributed by atoms with Crippen LogP contribution >= 0.6 is 0 Å². The Bertz CT molecular complexity index is 234. The maximum absolute atomic E-state index is 13.0. The van der Waals surface area contributed by atoms with E-state index in [0.29, 0.717) is 0 Å². The third-order valence-corrected chi connectivity index (χ3v) is 1.60. The second kappa shape index (κ2) is 3.48. The fourth-order valence-corrected chi connectivity index (χ4v) is 0.865. The van der Waals surface area contributed by atoms with Crippen LogP contribution in [-0.2, 0) is 9.53 Å². The van der Waals surface area contributed by atoms with Crippen molar-refractivity contribution >= 4 is 5.97 Å². The van der Waals surface area contributed by atoms with Crippen LogP contribution in [0.3, 0.4) is 0 Å². The van der Waals surface area contributed by atoms with Crippen LogP contribution in [0.15, 0.2) is 11.9 Å². The smallest absolute Gasteiger partial charge is 0.367 e. The Balaban J connectivity index is 2.46. The molecule has 0 bridgehead atoms. The second-order valence-electron chi connectivity index (χ2n) is 4.35. The van der Waals surface area contributed by atoms with Gasteiger partial charge in [0.25, 0.3) is 0 Å². The molecule has 3 heteroatoms. The van der Waals surface area contributed by atoms with Gasteiger partial charge in [0, 0.05) is 0 Å². The molecule has 2 nitrogen and oxygen atoms in total. The monoisotopic (exact) mass is 186 g/mol. The third kappa shape index (κ3) is 4.06. The number of allylic oxidation sites excluding steroid dienone is 1. The maximum atomic E-state index is 13.0. The molecule has 0 saturated heterocycles. The lowest BCUT2D eigenvalue weighted by molar-refractivity contribution is -0.151. The van der Waals surface area contributed by atoms with E-state index in [1.165, 1.54) is 6.08 Å². The Morgan fingerprint density at radius 2 is 2.00 bits per heavy atom. The van der Waals surface area contributed by atoms with Crippen molar-refractivity contribution in [3.05, 3.63) is 11.9 Å². The van der Waals surface area contributed by atoms with E-state index in [1.807, 2.05) is 0 Å². The average Bonchev–Trinajstić information content (AvgIpc) is 2.67. The Kier molecular flexibility index (Phi) is 2.74. The molecule has 1 rings (SSSR count). The minimum Gasteiger partial charge on any atom is -0.455 e. The van der Waals surface area contributed by atoms with Crippen LogP contribution in [0.1, 0.15) is 33.6 Å². The summed E-state index contributed by atoms with van der Waals surface area (Å²) >= 11 is 0. The van der Waals surface area contributed by atoms with E-state index in [2.05, 4.69) is 0 Å². The molecule has 0 unspecified atom stereocenters. The molecular formula is C10H15FO2. The zero-order valence-corrected chi connectivity index (χ0v) is 8.26. The van der Waals surface area contributed by atoms with E-state index >= 15 is 0 Å². The molecule has 0 atom stereocenters. The molecule has 1 fully saturated rings. The molecule has 0 N–H and O–H groups in total. The SMILES string of the molecule is CC(C)(C)OC(=O)C(F)=CC1CC1. The van der Waals surface area contributed by atoms with Crippen molar-refractivity contribution in [1.29, 1.82) is 0 Å². The van der Waals surface area contributed by atoms with Gasteiger partial charge in [-0.15, -0.1) is 0 Å². The number of esters is 1. The van der Waals surface area contributed by atoms with E-state index in [9.17, 15) is 9.18 Å². The van der Waals surface area contributed by atoms with Crippen molar-refractivity contribution < 1.29 is 13.9 Å². The highest BCUT2D eigenvalue weighted by atomic mass is 19.1. The van der Waals surface area contributed by atoms with Gasteiger partial charge >= 0.3 is 5.97 Å². The van der Waals surface area contributed by atoms with Gasteiger partial charge < -0.3 is 4.74 Å². The summed E-state index contributed by atoms with van der Waals surface area (Å²) < 4.78 is 17.9. The first-order valence-electron chi connectivity index (χ1n) is 4.49. The predicted molar refractivity (Wildman–Crippen MR) is 47.8 cm³/mol. The van der Waals surface area contributed by atoms with Crippen molar-refractivity contribution in [2.24, 2.45) is 5.92 Å². The molecule has 0 amide bonds. The number of rotatable bonds is 2. The highest BCUT2D eigenvalue weighted by Crippen LogP contribution is 2.31. The molecule has 1 aliphatic rings. The fraction of sp³-hybridized carbons (Fsp3) is 0.700. The number of hydrogen-bond donors (Lipinski definition) is 0. The molecule has 0 aromatic rings. The van der Waals surface area contributed by atoms with E-state index in [0.717, 1.165) is 12.8 Å². The summed E-state index contributed by atoms with van der Waals surface area (Å²) in [4.78, 5) is 11.1. The van der Waals surface area contributed by atoms with E-state index < -0.39 is 17.4 Å². The lowest BCUT2D eigenvalue weighted by Gasteiger charge is -2.18. The Labute approximate surface area is 77.8 Å². The molecule has 0 aromatic carbocycles. The second-order valence-corrected chi connectivity index (χ2v) is 4.35. The van der Waals surface area contributed by atoms with Crippen LogP contribution in [0.5, 0.6) is 0 Å². The van der Waals surface area contributed by atoms with Crippen molar-refractivity contribution in [1.82, 2.24) is 0 Å². The summed E-state index contributed by atoms with van der Waals surface area (Å²) in [6.07, 6.45) is 3.32. The molecular weight excluding hydrogens is 171 g/mol. The number of halogens is 1. The standard InChI is InChI=1S/C10H15FO2/c1-10(2,3)13-9(12)8(11)6-7-4-5-7/h6-7H,4-5H2,1-3H3. The minimum absolute atomic E-state index is 0.257. The summed E-state index contributed by atoms with van der Waals surface area (Å²) in [5.74, 6) is -1.34. The molecule has 0 heterocycles. The topological polar surface area (TPSA) is 26.3 Å². The molecule has 1 aliphatic carbocycles. The zero-order chi connectivity index (χ0) is 10.1. The normalized spacial score (nSPS) is 18.6. The Hall–Kier alpha value is -0.860. The fourth-order valence-electron chi connectivity index (χ4n) is 0.865. The molecule has 1 saturated carbocycles. The average molecular weight is 186 g/mol. The van der Waals surface area contributed by atoms with Crippen molar-refractivity contribution in [3.8, 4) is 0 Å². The quantitative estimate of drug-likeness (QED) is 0.489. The molecule has 0 aromatic heterocycles. The van der Waals surface area contributed by atoms with Crippen LogP contribution < -0.4 is 0 Å². The number of hydrogen-bond acceptors (Lipinski definition) is 2. The van der Waals surface area contributed by atoms with Crippen LogP contribution in [0, 0.1) is 5.92 Å². The lowest BCUT2D eigenvalue weighted by atomic mass is 10.2. The summed E-state index contributed by atoms with van der Waals surface area (Å²) in [7, 11) is 0. The van der Waals surface area contributed by atoms with Crippen LogP contribution in [0.2, 0.25) is 0 Å². The third-order valence-electron chi connectivity index (χ3n) is 1.60. The predicted octanol–water partition coefficient (Wildman–Crippen LogP) is 2.59. The molecule has 0 aliphatic heterocycles. The highest BCUT2D eigenvalue weighted by molar-refractivity contribution is 5.86. The number of carbonyl (C=O) groups is 1. The van der Waals surface area contributed by atoms with Gasteiger partial charge in [0.1, 0.15) is 5.60 Å². The van der Waals surface area contributed by atoms with Crippen LogP contribution in [0.25, 0.3) is 0 Å². The van der Waals surface area contributed by atoms with Gasteiger partial charge in [-0.25, -0.2) is 4.79 Å². The Morgan fingerprint density at radius 1 is 1.46 bits per heavy atom. The number of ether oxygens (including phenoxy) is 1. The molecule has 13 heavy (non-hydrogen) atoms. The minimum atomic E-state index is -0.848. The van der Waals surface area contributed by atoms with Gasteiger partial charge in [-0.1, -0.05) is 0 Å². The summed E-state index contributed by atoms with van der Waals surface area (Å²) in [6, 6.07) is 0. The molecule has 74 valence electrons. The first kappa shape index (κ1) is 10.2. The summed E-state index contributed by atoms with van der Waals surface area (Å²) in [5, 5.41) is 0. The maximum Gasteiger partial charge on any atom is 0.367 e. The first-order chi connectivity index (χ1) is 5.88. The zero-order valence-electron chi connectivity index (χ0n) is 8.26. The molecule has 0 spiro atoms. The highest BCUT2D eigenvalue weighted by Gasteiger charge is 2.24. The van der Waals surface area contributed by atoms with Gasteiger partial charge in [-0.2, -0.15) is 4.39 Å². The Morgan fingerprint density at radius 3 is 2.38 bits per heavy atom. The van der Waals surface area contributed by atoms with Crippen molar-refractivity contribution in [3.63, 3.8) is 0 Å². The first-order valence-corrected chi connectivity index (χ1v) is 4.49. The summed E-state index contributed by atoms with van der Waals surface area (Å²) in [5.41, 5.74) is -0.619. The van der Waals surface area contributed by atoms with Gasteiger partial charge in [0.05, 0.1) is 0 Å². The van der Waals surface area contributed by atoms with Crippen LogP contribution in [-0.4, -0.2) is 11.6 Å². The van der Waals surface area contributed by atoms with Crippen molar-refractivity contribution in [2.75, 3.05) is 0 Å². The summed E-state index contributed by atoms with van der Waals surface area (Å²) in [6.45, 7) is 5.15. The lowest BCUT2D eigenvalue weighted by Crippen LogP contribution is -2.24. The van der Waals surface area contributed by atoms with Gasteiger partial charge in [0.15, 0.2) is 0 Å². The van der Waals surface area contributed by atoms with E-state index in [-0.39, 0.29) is 5.92 Å². The van der Waals surface area contributed by atoms with Gasteiger partial charge in [-0.3, -0.25) is 0 Å². The molecule has 0 radical (unpaired) electrons.